The zero-order chi connectivity index (χ0) is 25.7. The van der Waals surface area contributed by atoms with Crippen LogP contribution in [0.5, 0.6) is 0 Å². The number of aromatic nitrogens is 1. The zero-order valence-corrected chi connectivity index (χ0v) is 19.1. The van der Waals surface area contributed by atoms with Crippen LogP contribution in [0.3, 0.4) is 0 Å². The van der Waals surface area contributed by atoms with E-state index in [4.69, 9.17) is 0 Å². The Morgan fingerprint density at radius 1 is 0.833 bits per heavy atom. The van der Waals surface area contributed by atoms with Crippen molar-refractivity contribution in [2.75, 3.05) is 6.54 Å². The van der Waals surface area contributed by atoms with Gasteiger partial charge in [0.25, 0.3) is 22.8 Å². The molecule has 0 atom stereocenters. The first-order valence-electron chi connectivity index (χ1n) is 11.2. The van der Waals surface area contributed by atoms with Gasteiger partial charge in [0, 0.05) is 31.3 Å². The van der Waals surface area contributed by atoms with Crippen molar-refractivity contribution >= 4 is 28.2 Å². The number of carbonyl (C=O) groups is 1. The van der Waals surface area contributed by atoms with Crippen molar-refractivity contribution in [3.63, 3.8) is 0 Å². The van der Waals surface area contributed by atoms with Gasteiger partial charge in [-0.3, -0.25) is 29.8 Å². The highest BCUT2D eigenvalue weighted by molar-refractivity contribution is 5.99. The first-order chi connectivity index (χ1) is 17.3. The van der Waals surface area contributed by atoms with E-state index in [9.17, 15) is 29.8 Å². The molecule has 10 heteroatoms. The van der Waals surface area contributed by atoms with Gasteiger partial charge in [-0.15, -0.1) is 0 Å². The van der Waals surface area contributed by atoms with Crippen LogP contribution in [0.15, 0.2) is 83.7 Å². The average Bonchev–Trinajstić information content (AvgIpc) is 2.88. The lowest BCUT2D eigenvalue weighted by molar-refractivity contribution is -0.384. The third kappa shape index (κ3) is 5.27. The van der Waals surface area contributed by atoms with Gasteiger partial charge in [0.15, 0.2) is 0 Å². The maximum absolute atomic E-state index is 13.3. The fourth-order valence-corrected chi connectivity index (χ4v) is 4.01. The van der Waals surface area contributed by atoms with Crippen molar-refractivity contribution in [1.29, 1.82) is 0 Å². The fourth-order valence-electron chi connectivity index (χ4n) is 4.01. The lowest BCUT2D eigenvalue weighted by Crippen LogP contribution is -2.34. The Hall–Kier alpha value is -4.86. The van der Waals surface area contributed by atoms with Crippen molar-refractivity contribution in [3.8, 4) is 0 Å². The van der Waals surface area contributed by atoms with Crippen molar-refractivity contribution in [3.05, 3.63) is 126 Å². The van der Waals surface area contributed by atoms with Crippen molar-refractivity contribution in [2.45, 2.75) is 19.4 Å². The van der Waals surface area contributed by atoms with Crippen LogP contribution in [0.2, 0.25) is 0 Å². The average molecular weight is 486 g/mol. The first kappa shape index (κ1) is 24.3. The molecule has 4 rings (SSSR count). The molecule has 10 nitrogen and oxygen atoms in total. The zero-order valence-electron chi connectivity index (χ0n) is 19.1. The molecule has 0 saturated heterocycles. The molecule has 0 aliphatic rings. The van der Waals surface area contributed by atoms with Crippen LogP contribution in [-0.4, -0.2) is 26.9 Å². The third-order valence-electron chi connectivity index (χ3n) is 5.87. The monoisotopic (exact) mass is 486 g/mol. The number of nitro groups is 2. The summed E-state index contributed by atoms with van der Waals surface area (Å²) in [6.07, 6.45) is 0.892. The molecule has 1 heterocycles. The van der Waals surface area contributed by atoms with Gasteiger partial charge in [0.1, 0.15) is 5.56 Å². The van der Waals surface area contributed by atoms with Crippen LogP contribution in [0.1, 0.15) is 21.5 Å². The van der Waals surface area contributed by atoms with E-state index < -0.39 is 21.3 Å². The maximum atomic E-state index is 13.3. The Bertz CT molecular complexity index is 1500. The number of hydrogen-bond donors (Lipinski definition) is 1. The van der Waals surface area contributed by atoms with Gasteiger partial charge in [-0.25, -0.2) is 0 Å². The Morgan fingerprint density at radius 2 is 1.53 bits per heavy atom. The standard InChI is InChI=1S/C26H22N4O6/c31-25(27-15-13-18-5-2-1-3-6-18)22-17-21-23(7-4-8-24(21)30(35)36)28(26(22)32)16-14-19-9-11-20(12-10-19)29(33)34/h1-12,17H,13-16H2,(H,27,31). The van der Waals surface area contributed by atoms with E-state index in [2.05, 4.69) is 5.32 Å². The third-order valence-corrected chi connectivity index (χ3v) is 5.87. The SMILES string of the molecule is O=C(NCCc1ccccc1)c1cc2c([N+](=O)[O-])cccc2n(CCc2ccc([N+](=O)[O-])cc2)c1=O. The topological polar surface area (TPSA) is 137 Å². The summed E-state index contributed by atoms with van der Waals surface area (Å²) in [5.74, 6) is -0.611. The van der Waals surface area contributed by atoms with Crippen molar-refractivity contribution in [1.82, 2.24) is 9.88 Å². The van der Waals surface area contributed by atoms with E-state index in [0.29, 0.717) is 24.9 Å². The number of carbonyl (C=O) groups excluding carboxylic acids is 1. The lowest BCUT2D eigenvalue weighted by atomic mass is 10.1. The molecule has 0 bridgehead atoms. The second kappa shape index (κ2) is 10.6. The Balaban J connectivity index is 1.66. The second-order valence-corrected chi connectivity index (χ2v) is 8.15. The quantitative estimate of drug-likeness (QED) is 0.280. The summed E-state index contributed by atoms with van der Waals surface area (Å²) in [6.45, 7) is 0.416. The molecule has 0 spiro atoms. The van der Waals surface area contributed by atoms with Crippen LogP contribution >= 0.6 is 0 Å². The normalized spacial score (nSPS) is 10.8. The number of benzene rings is 3. The minimum absolute atomic E-state index is 0.0498. The Labute approximate surface area is 205 Å². The molecule has 0 unspecified atom stereocenters. The number of pyridine rings is 1. The molecule has 0 radical (unpaired) electrons. The molecule has 0 saturated carbocycles. The van der Waals surface area contributed by atoms with E-state index in [-0.39, 0.29) is 28.9 Å². The van der Waals surface area contributed by atoms with Crippen LogP contribution in [-0.2, 0) is 19.4 Å². The number of nitro benzene ring substituents is 2. The van der Waals surface area contributed by atoms with E-state index in [1.54, 1.807) is 18.2 Å². The number of nitrogens with zero attached hydrogens (tertiary/aromatic N) is 3. The van der Waals surface area contributed by atoms with Gasteiger partial charge in [-0.1, -0.05) is 48.5 Å². The van der Waals surface area contributed by atoms with Gasteiger partial charge < -0.3 is 9.88 Å². The number of fused-ring (bicyclic) bond motifs is 1. The molecule has 4 aromatic rings. The minimum Gasteiger partial charge on any atom is -0.352 e. The van der Waals surface area contributed by atoms with Gasteiger partial charge in [-0.2, -0.15) is 0 Å². The van der Waals surface area contributed by atoms with E-state index in [1.165, 1.54) is 34.9 Å². The van der Waals surface area contributed by atoms with Gasteiger partial charge in [-0.05, 0) is 36.1 Å². The van der Waals surface area contributed by atoms with Gasteiger partial charge in [0.05, 0.1) is 20.7 Å². The summed E-state index contributed by atoms with van der Waals surface area (Å²) in [7, 11) is 0. The number of nitrogens with one attached hydrogen (secondary N) is 1. The fraction of sp³-hybridized carbons (Fsp3) is 0.154. The smallest absolute Gasteiger partial charge is 0.278 e. The molecule has 3 aromatic carbocycles. The van der Waals surface area contributed by atoms with Crippen LogP contribution in [0.25, 0.3) is 10.9 Å². The molecule has 1 aromatic heterocycles. The number of hydrogen-bond acceptors (Lipinski definition) is 6. The summed E-state index contributed by atoms with van der Waals surface area (Å²) in [5.41, 5.74) is 1.07. The highest BCUT2D eigenvalue weighted by Gasteiger charge is 2.21. The maximum Gasteiger partial charge on any atom is 0.278 e. The Morgan fingerprint density at radius 3 is 2.19 bits per heavy atom. The van der Waals surface area contributed by atoms with Crippen molar-refractivity contribution < 1.29 is 14.6 Å². The molecule has 0 aliphatic carbocycles. The first-order valence-corrected chi connectivity index (χ1v) is 11.2. The number of amides is 1. The highest BCUT2D eigenvalue weighted by atomic mass is 16.6. The summed E-state index contributed by atoms with van der Waals surface area (Å²) in [4.78, 5) is 47.8. The second-order valence-electron chi connectivity index (χ2n) is 8.15. The summed E-state index contributed by atoms with van der Waals surface area (Å²) in [6, 6.07) is 21.1. The number of non-ortho nitro benzene ring substituents is 2. The number of aryl methyl sites for hydroxylation is 2. The summed E-state index contributed by atoms with van der Waals surface area (Å²) in [5, 5.41) is 25.5. The van der Waals surface area contributed by atoms with E-state index >= 15 is 0 Å². The van der Waals surface area contributed by atoms with Crippen LogP contribution in [0.4, 0.5) is 11.4 Å². The lowest BCUT2D eigenvalue weighted by Gasteiger charge is -2.13. The molecule has 182 valence electrons. The molecule has 1 N–H and O–H groups in total. The summed E-state index contributed by atoms with van der Waals surface area (Å²) >= 11 is 0. The molecule has 0 fully saturated rings. The molecule has 36 heavy (non-hydrogen) atoms. The highest BCUT2D eigenvalue weighted by Crippen LogP contribution is 2.25. The van der Waals surface area contributed by atoms with Gasteiger partial charge >= 0.3 is 0 Å². The predicted octanol–water partition coefficient (Wildman–Crippen LogP) is 4.03. The largest absolute Gasteiger partial charge is 0.352 e. The predicted molar refractivity (Wildman–Crippen MR) is 134 cm³/mol. The van der Waals surface area contributed by atoms with Gasteiger partial charge in [0.2, 0.25) is 0 Å². The summed E-state index contributed by atoms with van der Waals surface area (Å²) < 4.78 is 1.34. The molecule has 0 aliphatic heterocycles. The minimum atomic E-state index is -0.611. The van der Waals surface area contributed by atoms with E-state index in [1.807, 2.05) is 30.3 Å². The Kier molecular flexibility index (Phi) is 7.15. The number of rotatable bonds is 9. The van der Waals surface area contributed by atoms with Crippen molar-refractivity contribution in [2.24, 2.45) is 0 Å². The molecular formula is C26H22N4O6. The molecular weight excluding hydrogens is 464 g/mol. The van der Waals surface area contributed by atoms with E-state index in [0.717, 1.165) is 11.1 Å². The molecule has 1 amide bonds. The van der Waals surface area contributed by atoms with Crippen LogP contribution < -0.4 is 10.9 Å². The van der Waals surface area contributed by atoms with Crippen LogP contribution in [0, 0.1) is 20.2 Å².